The molecular weight excluding hydrogens is 542 g/mol. The number of aromatic amines is 1. The van der Waals surface area contributed by atoms with Crippen molar-refractivity contribution < 1.29 is 38.2 Å². The molecule has 2 atom stereocenters. The number of para-hydroxylation sites is 1. The number of nitrogens with one attached hydrogen (secondary N) is 4. The van der Waals surface area contributed by atoms with Crippen LogP contribution in [0.1, 0.15) is 35.0 Å². The third-order valence-electron chi connectivity index (χ3n) is 7.20. The van der Waals surface area contributed by atoms with Gasteiger partial charge in [0.25, 0.3) is 5.91 Å². The lowest BCUT2D eigenvalue weighted by Gasteiger charge is -2.24. The Bertz CT molecular complexity index is 1430. The molecule has 2 aliphatic rings. The lowest BCUT2D eigenvalue weighted by molar-refractivity contribution is -0.696. The van der Waals surface area contributed by atoms with Gasteiger partial charge in [0.05, 0.1) is 41.9 Å². The van der Waals surface area contributed by atoms with Crippen molar-refractivity contribution in [3.8, 4) is 22.8 Å². The second-order valence-electron chi connectivity index (χ2n) is 10.3. The van der Waals surface area contributed by atoms with Gasteiger partial charge in [-0.1, -0.05) is 12.1 Å². The van der Waals surface area contributed by atoms with Crippen LogP contribution >= 0.6 is 0 Å². The van der Waals surface area contributed by atoms with Gasteiger partial charge in [0, 0.05) is 37.8 Å². The molecule has 1 amide bonds. The summed E-state index contributed by atoms with van der Waals surface area (Å²) in [6, 6.07) is 7.69. The molecule has 2 aliphatic heterocycles. The Labute approximate surface area is 244 Å². The summed E-state index contributed by atoms with van der Waals surface area (Å²) in [5.74, 6) is 0.559. The van der Waals surface area contributed by atoms with E-state index in [9.17, 15) is 14.7 Å². The number of hydrogen-bond donors (Lipinski definition) is 5. The zero-order valence-electron chi connectivity index (χ0n) is 24.1. The number of fused-ring (bicyclic) bond motifs is 1. The molecule has 0 saturated carbocycles. The first-order chi connectivity index (χ1) is 20.3. The summed E-state index contributed by atoms with van der Waals surface area (Å²) in [6.07, 6.45) is 3.09. The summed E-state index contributed by atoms with van der Waals surface area (Å²) in [5.41, 5.74) is 5.10. The Hall–Kier alpha value is -4.13. The van der Waals surface area contributed by atoms with E-state index in [1.54, 1.807) is 7.11 Å². The summed E-state index contributed by atoms with van der Waals surface area (Å²) in [7, 11) is 1.62. The highest BCUT2D eigenvalue weighted by molar-refractivity contribution is 6.06. The van der Waals surface area contributed by atoms with Crippen LogP contribution in [-0.2, 0) is 27.2 Å². The van der Waals surface area contributed by atoms with Gasteiger partial charge < -0.3 is 45.0 Å². The first-order valence-corrected chi connectivity index (χ1v) is 14.1. The van der Waals surface area contributed by atoms with Gasteiger partial charge in [-0.2, -0.15) is 0 Å². The highest BCUT2D eigenvalue weighted by Gasteiger charge is 2.30. The Morgan fingerprint density at radius 2 is 2.14 bits per heavy atom. The first kappa shape index (κ1) is 29.4. The quantitative estimate of drug-likeness (QED) is 0.130. The predicted molar refractivity (Wildman–Crippen MR) is 154 cm³/mol. The van der Waals surface area contributed by atoms with E-state index in [2.05, 4.69) is 20.9 Å². The second kappa shape index (κ2) is 13.2. The molecule has 224 valence electrons. The fourth-order valence-corrected chi connectivity index (χ4v) is 5.22. The monoisotopic (exact) mass is 580 g/mol. The minimum atomic E-state index is -1.16. The maximum Gasteiger partial charge on any atom is 0.314 e. The fourth-order valence-electron chi connectivity index (χ4n) is 5.22. The van der Waals surface area contributed by atoms with Crippen LogP contribution in [0.3, 0.4) is 0 Å². The number of aliphatic hydroxyl groups is 1. The molecule has 5 N–H and O–H groups in total. The molecule has 12 nitrogen and oxygen atoms in total. The number of rotatable bonds is 11. The lowest BCUT2D eigenvalue weighted by Crippen LogP contribution is -2.42. The summed E-state index contributed by atoms with van der Waals surface area (Å²) < 4.78 is 24.6. The van der Waals surface area contributed by atoms with Crippen LogP contribution in [-0.4, -0.2) is 74.3 Å². The van der Waals surface area contributed by atoms with Gasteiger partial charge in [0.2, 0.25) is 6.20 Å². The van der Waals surface area contributed by atoms with Crippen molar-refractivity contribution in [3.05, 3.63) is 53.5 Å². The van der Waals surface area contributed by atoms with Gasteiger partial charge in [-0.15, -0.1) is 0 Å². The van der Waals surface area contributed by atoms with Crippen LogP contribution in [0.25, 0.3) is 11.3 Å². The fraction of sp³-hybridized carbons (Fsp3) is 0.433. The van der Waals surface area contributed by atoms with Crippen LogP contribution < -0.4 is 30.0 Å². The van der Waals surface area contributed by atoms with E-state index in [1.165, 1.54) is 6.92 Å². The van der Waals surface area contributed by atoms with E-state index < -0.39 is 12.3 Å². The molecule has 1 fully saturated rings. The largest absolute Gasteiger partial charge is 0.494 e. The lowest BCUT2D eigenvalue weighted by atomic mass is 10.0. The van der Waals surface area contributed by atoms with Crippen molar-refractivity contribution in [3.63, 3.8) is 0 Å². The third kappa shape index (κ3) is 6.67. The Balaban J connectivity index is 1.54. The molecule has 42 heavy (non-hydrogen) atoms. The molecule has 12 heteroatoms. The summed E-state index contributed by atoms with van der Waals surface area (Å²) in [4.78, 5) is 28.7. The minimum Gasteiger partial charge on any atom is -0.494 e. The van der Waals surface area contributed by atoms with Crippen LogP contribution in [0.5, 0.6) is 11.5 Å². The number of carbonyl (C=O) groups is 2. The molecule has 3 aromatic rings. The molecule has 1 saturated heterocycles. The molecule has 2 aromatic heterocycles. The van der Waals surface area contributed by atoms with Gasteiger partial charge in [0.1, 0.15) is 24.9 Å². The van der Waals surface area contributed by atoms with Crippen LogP contribution in [0, 0.1) is 6.92 Å². The van der Waals surface area contributed by atoms with Crippen molar-refractivity contribution in [1.29, 1.82) is 0 Å². The molecule has 1 aromatic carbocycles. The molecule has 0 radical (unpaired) electrons. The first-order valence-electron chi connectivity index (χ1n) is 14.1. The summed E-state index contributed by atoms with van der Waals surface area (Å²) >= 11 is 0. The Morgan fingerprint density at radius 1 is 1.29 bits per heavy atom. The maximum atomic E-state index is 13.1. The average molecular weight is 581 g/mol. The number of esters is 1. The smallest absolute Gasteiger partial charge is 0.314 e. The number of benzene rings is 1. The standard InChI is InChI=1S/C30H37N5O7/c1-18-5-4-6-23(29(18)39-3)34-28-26-22(7-10-32-30(26)38)33-27(28)21-8-12-35(13-9-25(37)42-19(2)36)16-24(21)41-17-20-15-31-11-14-40-20/h4-6,8,12,16,19-20,31,36H,7,9-11,13-15,17H2,1-3H3,(H2,32,33,34,38)/p+1/t19?,20-/m0/s1. The topological polar surface area (TPSA) is 147 Å². The van der Waals surface area contributed by atoms with Gasteiger partial charge in [-0.3, -0.25) is 9.59 Å². The van der Waals surface area contributed by atoms with Crippen LogP contribution in [0.15, 0.2) is 36.7 Å². The van der Waals surface area contributed by atoms with Crippen molar-refractivity contribution in [2.24, 2.45) is 0 Å². The molecule has 1 unspecified atom stereocenters. The number of aromatic nitrogens is 2. The number of anilines is 2. The average Bonchev–Trinajstić information content (AvgIpc) is 3.34. The number of ether oxygens (including phenoxy) is 4. The molecule has 0 spiro atoms. The number of morpholine rings is 1. The normalized spacial score (nSPS) is 17.1. The van der Waals surface area contributed by atoms with Crippen molar-refractivity contribution in [2.45, 2.75) is 45.6 Å². The zero-order valence-corrected chi connectivity index (χ0v) is 24.1. The minimum absolute atomic E-state index is 0.0704. The van der Waals surface area contributed by atoms with Crippen molar-refractivity contribution in [2.75, 3.05) is 45.3 Å². The van der Waals surface area contributed by atoms with Gasteiger partial charge in [0.15, 0.2) is 24.8 Å². The number of H-pyrrole nitrogens is 1. The van der Waals surface area contributed by atoms with Gasteiger partial charge in [-0.25, -0.2) is 4.57 Å². The van der Waals surface area contributed by atoms with Crippen molar-refractivity contribution >= 4 is 23.3 Å². The maximum absolute atomic E-state index is 13.1. The predicted octanol–water partition coefficient (Wildman–Crippen LogP) is 1.95. The van der Waals surface area contributed by atoms with E-state index >= 15 is 0 Å². The zero-order chi connectivity index (χ0) is 29.6. The summed E-state index contributed by atoms with van der Waals surface area (Å²) in [5, 5.41) is 19.1. The summed E-state index contributed by atoms with van der Waals surface area (Å²) in [6.45, 7) is 6.58. The van der Waals surface area contributed by atoms with E-state index in [4.69, 9.17) is 18.9 Å². The molecule has 4 heterocycles. The highest BCUT2D eigenvalue weighted by atomic mass is 16.6. The number of aliphatic hydroxyl groups excluding tert-OH is 1. The number of pyridine rings is 1. The number of amides is 1. The molecule has 0 bridgehead atoms. The van der Waals surface area contributed by atoms with E-state index in [0.29, 0.717) is 67.7 Å². The number of carbonyl (C=O) groups excluding carboxylic acids is 2. The van der Waals surface area contributed by atoms with Crippen LogP contribution in [0.2, 0.25) is 0 Å². The SMILES string of the molecule is COc1c(C)cccc1Nc1c(-c2cc[n+](CCC(=O)OC(C)O)cc2OC[C@@H]2CNCCO2)[nH]c2c1C(=O)NCC2. The van der Waals surface area contributed by atoms with Crippen LogP contribution in [0.4, 0.5) is 11.4 Å². The Morgan fingerprint density at radius 3 is 2.90 bits per heavy atom. The van der Waals surface area contributed by atoms with Gasteiger partial charge >= 0.3 is 5.97 Å². The van der Waals surface area contributed by atoms with E-state index in [1.807, 2.05) is 48.1 Å². The second-order valence-corrected chi connectivity index (χ2v) is 10.3. The molecule has 0 aliphatic carbocycles. The highest BCUT2D eigenvalue weighted by Crippen LogP contribution is 2.42. The van der Waals surface area contributed by atoms with E-state index in [-0.39, 0.29) is 18.4 Å². The van der Waals surface area contributed by atoms with Crippen molar-refractivity contribution in [1.82, 2.24) is 15.6 Å². The molecular formula is C30H38N5O7+. The number of hydrogen-bond acceptors (Lipinski definition) is 9. The number of aryl methyl sites for hydroxylation is 2. The Kier molecular flexibility index (Phi) is 9.25. The number of methoxy groups -OCH3 is 1. The number of nitrogens with zero attached hydrogens (tertiary/aromatic N) is 1. The van der Waals surface area contributed by atoms with E-state index in [0.717, 1.165) is 29.1 Å². The molecule has 5 rings (SSSR count). The van der Waals surface area contributed by atoms with Gasteiger partial charge in [-0.05, 0) is 25.5 Å². The third-order valence-corrected chi connectivity index (χ3v) is 7.20.